The molecule has 0 radical (unpaired) electrons. The topological polar surface area (TPSA) is 20.9 Å². The number of rotatable bonds is 5. The van der Waals surface area contributed by atoms with Crippen LogP contribution < -0.4 is 9.13 Å². The first-order chi connectivity index (χ1) is 20.6. The van der Waals surface area contributed by atoms with Crippen molar-refractivity contribution in [3.8, 4) is 22.5 Å². The maximum Gasteiger partial charge on any atom is 0.216 e. The van der Waals surface area contributed by atoms with Crippen LogP contribution in [0.5, 0.6) is 0 Å². The summed E-state index contributed by atoms with van der Waals surface area (Å²) in [6.07, 6.45) is 8.47. The van der Waals surface area contributed by atoms with Gasteiger partial charge in [-0.15, -0.1) is 11.3 Å². The number of aromatic nitrogens is 2. The summed E-state index contributed by atoms with van der Waals surface area (Å²) in [6, 6.07) is 31.3. The molecule has 204 valence electrons. The van der Waals surface area contributed by atoms with Gasteiger partial charge in [0.05, 0.1) is 11.5 Å². The average Bonchev–Trinajstić information content (AvgIpc) is 3.62. The fourth-order valence-corrected chi connectivity index (χ4v) is 7.86. The molecule has 3 aromatic carbocycles. The lowest BCUT2D eigenvalue weighted by atomic mass is 9.79. The Balaban J connectivity index is 1.28. The molecule has 0 N–H and O–H groups in total. The summed E-state index contributed by atoms with van der Waals surface area (Å²) in [4.78, 5) is 0. The number of aryl methyl sites for hydroxylation is 3. The van der Waals surface area contributed by atoms with Crippen molar-refractivity contribution in [2.75, 3.05) is 0 Å². The van der Waals surface area contributed by atoms with Crippen molar-refractivity contribution in [1.29, 1.82) is 0 Å². The number of fused-ring (bicyclic) bond motifs is 7. The molecular formula is C38H32N2OS+2. The predicted octanol–water partition coefficient (Wildman–Crippen LogP) is 9.01. The van der Waals surface area contributed by atoms with Crippen LogP contribution in [0.2, 0.25) is 0 Å². The largest absolute Gasteiger partial charge is 0.455 e. The molecule has 0 fully saturated rings. The van der Waals surface area contributed by atoms with Gasteiger partial charge in [0, 0.05) is 44.8 Å². The molecule has 0 saturated heterocycles. The molecule has 1 aliphatic rings. The van der Waals surface area contributed by atoms with Gasteiger partial charge in [-0.05, 0) is 84.1 Å². The first kappa shape index (κ1) is 25.2. The Morgan fingerprint density at radius 1 is 0.929 bits per heavy atom. The maximum absolute atomic E-state index is 6.73. The average molecular weight is 565 g/mol. The third kappa shape index (κ3) is 3.86. The van der Waals surface area contributed by atoms with E-state index in [2.05, 4.69) is 138 Å². The second-order valence-electron chi connectivity index (χ2n) is 11.5. The fraction of sp³-hybridized carbons (Fsp3) is 0.158. The molecular weight excluding hydrogens is 532 g/mol. The van der Waals surface area contributed by atoms with Crippen molar-refractivity contribution >= 4 is 43.4 Å². The molecule has 8 rings (SSSR count). The molecule has 7 aromatic rings. The first-order valence-electron chi connectivity index (χ1n) is 14.6. The molecule has 0 spiro atoms. The second-order valence-corrected chi connectivity index (χ2v) is 12.5. The zero-order valence-electron chi connectivity index (χ0n) is 23.9. The van der Waals surface area contributed by atoms with Crippen LogP contribution in [0.25, 0.3) is 54.5 Å². The summed E-state index contributed by atoms with van der Waals surface area (Å²) >= 11 is 1.76. The third-order valence-corrected chi connectivity index (χ3v) is 9.95. The predicted molar refractivity (Wildman–Crippen MR) is 173 cm³/mol. The summed E-state index contributed by atoms with van der Waals surface area (Å²) in [5.41, 5.74) is 10.8. The van der Waals surface area contributed by atoms with Gasteiger partial charge in [0.15, 0.2) is 18.4 Å². The van der Waals surface area contributed by atoms with Crippen molar-refractivity contribution in [2.24, 2.45) is 7.05 Å². The summed E-state index contributed by atoms with van der Waals surface area (Å²) in [7, 11) is 2.12. The van der Waals surface area contributed by atoms with E-state index in [0.717, 1.165) is 24.0 Å². The highest BCUT2D eigenvalue weighted by molar-refractivity contribution is 7.17. The Labute approximate surface area is 249 Å². The third-order valence-electron chi connectivity index (χ3n) is 9.07. The van der Waals surface area contributed by atoms with Crippen molar-refractivity contribution in [2.45, 2.75) is 31.7 Å². The van der Waals surface area contributed by atoms with Gasteiger partial charge in [0.1, 0.15) is 18.2 Å². The van der Waals surface area contributed by atoms with Gasteiger partial charge in [-0.2, -0.15) is 4.57 Å². The molecule has 42 heavy (non-hydrogen) atoms. The summed E-state index contributed by atoms with van der Waals surface area (Å²) < 4.78 is 12.6. The minimum atomic E-state index is 0.189. The van der Waals surface area contributed by atoms with Crippen LogP contribution in [0.1, 0.15) is 35.1 Å². The molecule has 2 atom stereocenters. The molecule has 5 heterocycles. The fourth-order valence-electron chi connectivity index (χ4n) is 7.06. The van der Waals surface area contributed by atoms with Gasteiger partial charge in [0.25, 0.3) is 0 Å². The number of hydrogen-bond donors (Lipinski definition) is 0. The summed E-state index contributed by atoms with van der Waals surface area (Å²) in [5, 5.41) is 5.77. The van der Waals surface area contributed by atoms with E-state index >= 15 is 0 Å². The highest BCUT2D eigenvalue weighted by atomic mass is 32.1. The Morgan fingerprint density at radius 2 is 1.81 bits per heavy atom. The highest BCUT2D eigenvalue weighted by Crippen LogP contribution is 2.43. The summed E-state index contributed by atoms with van der Waals surface area (Å²) in [6.45, 7) is 6.48. The number of pyridine rings is 2. The minimum absolute atomic E-state index is 0.189. The molecule has 0 saturated carbocycles. The molecule has 0 aliphatic carbocycles. The van der Waals surface area contributed by atoms with Crippen LogP contribution in [0.15, 0.2) is 120 Å². The van der Waals surface area contributed by atoms with Crippen molar-refractivity contribution in [3.63, 3.8) is 0 Å². The van der Waals surface area contributed by atoms with Gasteiger partial charge in [0.2, 0.25) is 11.4 Å². The van der Waals surface area contributed by atoms with Crippen molar-refractivity contribution < 1.29 is 13.6 Å². The smallest absolute Gasteiger partial charge is 0.216 e. The molecule has 4 heteroatoms. The van der Waals surface area contributed by atoms with E-state index in [4.69, 9.17) is 4.42 Å². The van der Waals surface area contributed by atoms with Crippen LogP contribution in [0.3, 0.4) is 0 Å². The lowest BCUT2D eigenvalue weighted by Gasteiger charge is -2.29. The van der Waals surface area contributed by atoms with E-state index in [1.165, 1.54) is 60.1 Å². The molecule has 3 nitrogen and oxygen atoms in total. The Kier molecular flexibility index (Phi) is 5.87. The number of benzene rings is 3. The first-order valence-corrected chi connectivity index (χ1v) is 15.5. The normalized spacial score (nSPS) is 16.1. The van der Waals surface area contributed by atoms with Crippen LogP contribution in [0.4, 0.5) is 0 Å². The lowest BCUT2D eigenvalue weighted by Crippen LogP contribution is -2.46. The van der Waals surface area contributed by atoms with E-state index in [1.807, 2.05) is 0 Å². The standard InChI is InChI=1S/C38H32N2OS/c1-4-32-29(27-9-5-6-10-28(27)33-17-12-24(2)23-40(32)33)15-13-25-14-16-30-31-21-26-18-20-42-36(26)22-35(31)41-38(30)37(25)34-11-7-8-19-39(34)3/h4-12,14,16-23,29,32H,1,13,15H2,2-3H3/q+2. The zero-order valence-corrected chi connectivity index (χ0v) is 24.7. The number of allylic oxidation sites excluding steroid dienone is 1. The van der Waals surface area contributed by atoms with Crippen LogP contribution >= 0.6 is 11.3 Å². The van der Waals surface area contributed by atoms with Crippen molar-refractivity contribution in [1.82, 2.24) is 0 Å². The molecule has 0 bridgehead atoms. The number of hydrogen-bond acceptors (Lipinski definition) is 2. The van der Waals surface area contributed by atoms with Gasteiger partial charge in [-0.1, -0.05) is 36.9 Å². The van der Waals surface area contributed by atoms with E-state index in [9.17, 15) is 0 Å². The monoisotopic (exact) mass is 564 g/mol. The highest BCUT2D eigenvalue weighted by Gasteiger charge is 2.38. The molecule has 1 aliphatic heterocycles. The molecule has 4 aromatic heterocycles. The number of thiophene rings is 1. The van der Waals surface area contributed by atoms with Crippen LogP contribution in [-0.4, -0.2) is 0 Å². The van der Waals surface area contributed by atoms with Gasteiger partial charge < -0.3 is 4.42 Å². The SMILES string of the molecule is C=CC1C(CCc2ccc3c(oc4cc5sccc5cc43)c2-c2cccc[n+]2C)c2ccccc2-c2ccc(C)c[n+]21. The Morgan fingerprint density at radius 3 is 2.69 bits per heavy atom. The Bertz CT molecular complexity index is 2170. The minimum Gasteiger partial charge on any atom is -0.455 e. The second kappa shape index (κ2) is 9.78. The van der Waals surface area contributed by atoms with E-state index in [1.54, 1.807) is 11.3 Å². The van der Waals surface area contributed by atoms with Gasteiger partial charge in [-0.25, -0.2) is 4.57 Å². The molecule has 2 unspecified atom stereocenters. The lowest BCUT2D eigenvalue weighted by molar-refractivity contribution is -0.707. The van der Waals surface area contributed by atoms with E-state index in [-0.39, 0.29) is 6.04 Å². The Hall–Kier alpha value is -4.54. The zero-order chi connectivity index (χ0) is 28.4. The van der Waals surface area contributed by atoms with Gasteiger partial charge >= 0.3 is 0 Å². The summed E-state index contributed by atoms with van der Waals surface area (Å²) in [5.74, 6) is 0.313. The number of nitrogens with zero attached hydrogens (tertiary/aromatic N) is 2. The quantitative estimate of drug-likeness (QED) is 0.151. The number of furan rings is 1. The van der Waals surface area contributed by atoms with Crippen LogP contribution in [-0.2, 0) is 13.5 Å². The van der Waals surface area contributed by atoms with Crippen molar-refractivity contribution in [3.05, 3.63) is 132 Å². The maximum atomic E-state index is 6.73. The van der Waals surface area contributed by atoms with Gasteiger partial charge in [-0.3, -0.25) is 0 Å². The van der Waals surface area contributed by atoms with Crippen LogP contribution in [0, 0.1) is 6.92 Å². The van der Waals surface area contributed by atoms with E-state index in [0.29, 0.717) is 5.92 Å². The molecule has 0 amide bonds. The van der Waals surface area contributed by atoms with E-state index < -0.39 is 0 Å².